The minimum Gasteiger partial charge on any atom is -0.444 e. The molecular formula is C16H32N2O4S. The molecule has 1 aliphatic carbocycles. The molecule has 23 heavy (non-hydrogen) atoms. The van der Waals surface area contributed by atoms with Crippen LogP contribution in [0.15, 0.2) is 0 Å². The average molecular weight is 349 g/mol. The fourth-order valence-corrected chi connectivity index (χ4v) is 4.02. The van der Waals surface area contributed by atoms with Crippen molar-refractivity contribution in [3.63, 3.8) is 0 Å². The van der Waals surface area contributed by atoms with Gasteiger partial charge in [-0.2, -0.15) is 0 Å². The van der Waals surface area contributed by atoms with Crippen LogP contribution in [-0.4, -0.2) is 62.2 Å². The number of rotatable bonds is 5. The third kappa shape index (κ3) is 8.01. The summed E-state index contributed by atoms with van der Waals surface area (Å²) in [6, 6.07) is 0.457. The molecular weight excluding hydrogens is 316 g/mol. The Morgan fingerprint density at radius 2 is 1.78 bits per heavy atom. The number of amides is 1. The molecule has 136 valence electrons. The van der Waals surface area contributed by atoms with E-state index in [1.54, 1.807) is 11.9 Å². The lowest BCUT2D eigenvalue weighted by Crippen LogP contribution is -2.47. The molecule has 0 aliphatic heterocycles. The standard InChI is InChI=1S/C16H32N2O4S/c1-12(11-23(6,20)21)17-13-7-9-14(10-8-13)18(5)15(19)22-16(2,3)4/h12-14,17H,7-11H2,1-6H3. The third-order valence-electron chi connectivity index (χ3n) is 4.00. The molecule has 0 saturated heterocycles. The summed E-state index contributed by atoms with van der Waals surface area (Å²) in [5.74, 6) is 0.157. The minimum atomic E-state index is -2.96. The lowest BCUT2D eigenvalue weighted by atomic mass is 9.90. The largest absolute Gasteiger partial charge is 0.444 e. The highest BCUT2D eigenvalue weighted by Crippen LogP contribution is 2.24. The molecule has 0 aromatic heterocycles. The molecule has 0 radical (unpaired) electrons. The second-order valence-corrected chi connectivity index (χ2v) is 9.94. The summed E-state index contributed by atoms with van der Waals surface area (Å²) in [5.41, 5.74) is -0.481. The predicted molar refractivity (Wildman–Crippen MR) is 92.3 cm³/mol. The van der Waals surface area contributed by atoms with Gasteiger partial charge in [0, 0.05) is 31.4 Å². The average Bonchev–Trinajstić information content (AvgIpc) is 2.34. The molecule has 0 heterocycles. The fourth-order valence-electron chi connectivity index (χ4n) is 3.02. The van der Waals surface area contributed by atoms with Crippen LogP contribution in [0.2, 0.25) is 0 Å². The molecule has 1 aliphatic rings. The van der Waals surface area contributed by atoms with Crippen molar-refractivity contribution >= 4 is 15.9 Å². The van der Waals surface area contributed by atoms with Gasteiger partial charge >= 0.3 is 6.09 Å². The first-order chi connectivity index (χ1) is 10.4. The second-order valence-electron chi connectivity index (χ2n) is 7.76. The van der Waals surface area contributed by atoms with Gasteiger partial charge in [-0.15, -0.1) is 0 Å². The number of hydrogen-bond acceptors (Lipinski definition) is 5. The summed E-state index contributed by atoms with van der Waals surface area (Å²) in [5, 5.41) is 3.39. The zero-order valence-electron chi connectivity index (χ0n) is 15.3. The maximum atomic E-state index is 12.1. The number of ether oxygens (including phenoxy) is 1. The van der Waals surface area contributed by atoms with Gasteiger partial charge in [0.1, 0.15) is 15.4 Å². The van der Waals surface area contributed by atoms with Crippen molar-refractivity contribution in [2.75, 3.05) is 19.1 Å². The van der Waals surface area contributed by atoms with Crippen molar-refractivity contribution in [3.8, 4) is 0 Å². The number of sulfone groups is 1. The fraction of sp³-hybridized carbons (Fsp3) is 0.938. The van der Waals surface area contributed by atoms with E-state index in [1.807, 2.05) is 27.7 Å². The van der Waals surface area contributed by atoms with Crippen molar-refractivity contribution in [3.05, 3.63) is 0 Å². The van der Waals surface area contributed by atoms with E-state index in [9.17, 15) is 13.2 Å². The van der Waals surface area contributed by atoms with Gasteiger partial charge in [0.15, 0.2) is 0 Å². The van der Waals surface area contributed by atoms with E-state index in [0.29, 0.717) is 6.04 Å². The van der Waals surface area contributed by atoms with Crippen LogP contribution in [0.25, 0.3) is 0 Å². The minimum absolute atomic E-state index is 0.0462. The first-order valence-corrected chi connectivity index (χ1v) is 10.3. The Kier molecular flexibility index (Phi) is 6.89. The Hall–Kier alpha value is -0.820. The highest BCUT2D eigenvalue weighted by atomic mass is 32.2. The molecule has 0 aromatic carbocycles. The Morgan fingerprint density at radius 3 is 2.22 bits per heavy atom. The maximum Gasteiger partial charge on any atom is 0.410 e. The molecule has 1 N–H and O–H groups in total. The molecule has 1 rings (SSSR count). The summed E-state index contributed by atoms with van der Waals surface area (Å²) in [6.07, 6.45) is 4.66. The van der Waals surface area contributed by atoms with Crippen LogP contribution in [0.3, 0.4) is 0 Å². The quantitative estimate of drug-likeness (QED) is 0.824. The van der Waals surface area contributed by atoms with Crippen LogP contribution in [0.5, 0.6) is 0 Å². The van der Waals surface area contributed by atoms with E-state index in [0.717, 1.165) is 25.7 Å². The molecule has 6 nitrogen and oxygen atoms in total. The lowest BCUT2D eigenvalue weighted by Gasteiger charge is -2.36. The second kappa shape index (κ2) is 7.83. The van der Waals surface area contributed by atoms with Crippen molar-refractivity contribution in [2.24, 2.45) is 0 Å². The number of carbonyl (C=O) groups is 1. The van der Waals surface area contributed by atoms with Gasteiger partial charge in [-0.05, 0) is 53.4 Å². The maximum absolute atomic E-state index is 12.1. The van der Waals surface area contributed by atoms with Crippen LogP contribution >= 0.6 is 0 Å². The molecule has 1 unspecified atom stereocenters. The third-order valence-corrected chi connectivity index (χ3v) is 5.10. The van der Waals surface area contributed by atoms with E-state index in [4.69, 9.17) is 4.74 Å². The zero-order valence-corrected chi connectivity index (χ0v) is 16.1. The summed E-state index contributed by atoms with van der Waals surface area (Å²) in [7, 11) is -1.17. The highest BCUT2D eigenvalue weighted by molar-refractivity contribution is 7.90. The van der Waals surface area contributed by atoms with E-state index < -0.39 is 15.4 Å². The number of nitrogens with zero attached hydrogens (tertiary/aromatic N) is 1. The SMILES string of the molecule is CC(CS(C)(=O)=O)NC1CCC(N(C)C(=O)OC(C)(C)C)CC1. The van der Waals surface area contributed by atoms with Crippen molar-refractivity contribution in [2.45, 2.75) is 77.1 Å². The number of carbonyl (C=O) groups excluding carboxylic acids is 1. The first-order valence-electron chi connectivity index (χ1n) is 8.27. The molecule has 0 spiro atoms. The summed E-state index contributed by atoms with van der Waals surface area (Å²) in [4.78, 5) is 13.8. The van der Waals surface area contributed by atoms with Crippen LogP contribution in [0, 0.1) is 0 Å². The molecule has 0 aromatic rings. The van der Waals surface area contributed by atoms with Crippen molar-refractivity contribution in [1.29, 1.82) is 0 Å². The summed E-state index contributed by atoms with van der Waals surface area (Å²) >= 11 is 0. The Balaban J connectivity index is 2.41. The Morgan fingerprint density at radius 1 is 1.26 bits per heavy atom. The van der Waals surface area contributed by atoms with Gasteiger partial charge in [0.2, 0.25) is 0 Å². The van der Waals surface area contributed by atoms with Crippen LogP contribution in [0.4, 0.5) is 4.79 Å². The Labute approximate surface area is 140 Å². The summed E-state index contributed by atoms with van der Waals surface area (Å²) < 4.78 is 28.0. The predicted octanol–water partition coefficient (Wildman–Crippen LogP) is 2.19. The van der Waals surface area contributed by atoms with Gasteiger partial charge in [0.05, 0.1) is 5.75 Å². The number of hydrogen-bond donors (Lipinski definition) is 1. The van der Waals surface area contributed by atoms with Crippen molar-refractivity contribution < 1.29 is 17.9 Å². The van der Waals surface area contributed by atoms with Gasteiger partial charge in [-0.1, -0.05) is 0 Å². The van der Waals surface area contributed by atoms with Gasteiger partial charge in [-0.25, -0.2) is 13.2 Å². The van der Waals surface area contributed by atoms with Crippen LogP contribution < -0.4 is 5.32 Å². The Bertz CT molecular complexity index is 491. The molecule has 0 bridgehead atoms. The van der Waals surface area contributed by atoms with Gasteiger partial charge < -0.3 is 15.0 Å². The molecule has 1 saturated carbocycles. The normalized spacial score (nSPS) is 24.1. The van der Waals surface area contributed by atoms with E-state index in [-0.39, 0.29) is 23.9 Å². The molecule has 1 atom stereocenters. The van der Waals surface area contributed by atoms with Crippen LogP contribution in [-0.2, 0) is 14.6 Å². The molecule has 1 amide bonds. The van der Waals surface area contributed by atoms with E-state index in [1.165, 1.54) is 6.26 Å². The first kappa shape index (κ1) is 20.2. The van der Waals surface area contributed by atoms with E-state index in [2.05, 4.69) is 5.32 Å². The smallest absolute Gasteiger partial charge is 0.410 e. The monoisotopic (exact) mass is 348 g/mol. The molecule has 7 heteroatoms. The molecule has 1 fully saturated rings. The van der Waals surface area contributed by atoms with E-state index >= 15 is 0 Å². The lowest BCUT2D eigenvalue weighted by molar-refractivity contribution is 0.0178. The van der Waals surface area contributed by atoms with Gasteiger partial charge in [-0.3, -0.25) is 0 Å². The number of nitrogens with one attached hydrogen (secondary N) is 1. The highest BCUT2D eigenvalue weighted by Gasteiger charge is 2.29. The summed E-state index contributed by atoms with van der Waals surface area (Å²) in [6.45, 7) is 7.49. The topological polar surface area (TPSA) is 75.7 Å². The zero-order chi connectivity index (χ0) is 17.8. The van der Waals surface area contributed by atoms with Crippen LogP contribution in [0.1, 0.15) is 53.4 Å². The van der Waals surface area contributed by atoms with Gasteiger partial charge in [0.25, 0.3) is 0 Å². The van der Waals surface area contributed by atoms with Crippen molar-refractivity contribution in [1.82, 2.24) is 10.2 Å².